The second-order valence-corrected chi connectivity index (χ2v) is 5.40. The average molecular weight is 319 g/mol. The molecule has 1 atom stereocenters. The van der Waals surface area contributed by atoms with E-state index in [4.69, 9.17) is 5.73 Å². The van der Waals surface area contributed by atoms with Gasteiger partial charge in [0.2, 0.25) is 5.91 Å². The third kappa shape index (κ3) is 4.86. The van der Waals surface area contributed by atoms with Gasteiger partial charge in [0.05, 0.1) is 0 Å². The Morgan fingerprint density at radius 3 is 2.32 bits per heavy atom. The molecule has 0 saturated carbocycles. The Bertz CT molecular complexity index is 601. The molecule has 2 aromatic carbocycles. The highest BCUT2D eigenvalue weighted by Crippen LogP contribution is 2.16. The Balaban J connectivity index is 0.00000242. The Hall–Kier alpha value is -1.84. The fraction of sp³-hybridized carbons (Fsp3) is 0.278. The molecule has 4 heteroatoms. The molecule has 2 rings (SSSR count). The second kappa shape index (κ2) is 8.57. The van der Waals surface area contributed by atoms with E-state index in [9.17, 15) is 4.79 Å². The summed E-state index contributed by atoms with van der Waals surface area (Å²) in [5, 5.41) is 0. The molecule has 118 valence electrons. The molecule has 2 N–H and O–H groups in total. The summed E-state index contributed by atoms with van der Waals surface area (Å²) in [7, 11) is 1.83. The van der Waals surface area contributed by atoms with Gasteiger partial charge in [-0.15, -0.1) is 12.4 Å². The van der Waals surface area contributed by atoms with E-state index >= 15 is 0 Å². The first-order valence-corrected chi connectivity index (χ1v) is 7.17. The van der Waals surface area contributed by atoms with Crippen LogP contribution in [0.15, 0.2) is 54.6 Å². The van der Waals surface area contributed by atoms with Crippen molar-refractivity contribution in [3.05, 3.63) is 71.3 Å². The molecule has 1 amide bonds. The zero-order chi connectivity index (χ0) is 15.2. The summed E-state index contributed by atoms with van der Waals surface area (Å²) in [5.74, 6) is 0.0645. The van der Waals surface area contributed by atoms with E-state index in [2.05, 4.69) is 19.1 Å². The molecule has 0 fully saturated rings. The number of benzene rings is 2. The first kappa shape index (κ1) is 18.2. The number of hydrogen-bond acceptors (Lipinski definition) is 2. The van der Waals surface area contributed by atoms with Crippen molar-refractivity contribution in [2.24, 2.45) is 5.73 Å². The van der Waals surface area contributed by atoms with Gasteiger partial charge in [-0.05, 0) is 23.6 Å². The van der Waals surface area contributed by atoms with E-state index in [1.165, 1.54) is 11.1 Å². The first-order chi connectivity index (χ1) is 10.1. The third-order valence-corrected chi connectivity index (χ3v) is 3.72. The third-order valence-electron chi connectivity index (χ3n) is 3.72. The zero-order valence-electron chi connectivity index (χ0n) is 13.0. The summed E-state index contributed by atoms with van der Waals surface area (Å²) in [6.45, 7) is 2.68. The molecule has 0 aromatic heterocycles. The zero-order valence-corrected chi connectivity index (χ0v) is 13.8. The molecule has 0 bridgehead atoms. The van der Waals surface area contributed by atoms with Gasteiger partial charge in [0, 0.05) is 26.1 Å². The number of hydrogen-bond donors (Lipinski definition) is 1. The van der Waals surface area contributed by atoms with E-state index in [1.807, 2.05) is 49.5 Å². The topological polar surface area (TPSA) is 46.3 Å². The van der Waals surface area contributed by atoms with Gasteiger partial charge in [0.25, 0.3) is 0 Å². The van der Waals surface area contributed by atoms with Gasteiger partial charge in [0.15, 0.2) is 0 Å². The lowest BCUT2D eigenvalue weighted by Crippen LogP contribution is -2.29. The van der Waals surface area contributed by atoms with Crippen molar-refractivity contribution in [3.63, 3.8) is 0 Å². The van der Waals surface area contributed by atoms with Gasteiger partial charge in [-0.3, -0.25) is 4.79 Å². The van der Waals surface area contributed by atoms with Crippen molar-refractivity contribution in [1.29, 1.82) is 0 Å². The standard InChI is InChI=1S/C18H22N2O.ClH/c1-14-8-6-7-11-16(14)13-20(2)18(21)12-17(19)15-9-4-3-5-10-15;/h3-11,17H,12-13,19H2,1-2H3;1H. The summed E-state index contributed by atoms with van der Waals surface area (Å²) in [6.07, 6.45) is 0.326. The summed E-state index contributed by atoms with van der Waals surface area (Å²) in [4.78, 5) is 14.0. The van der Waals surface area contributed by atoms with E-state index in [-0.39, 0.29) is 24.4 Å². The molecule has 3 nitrogen and oxygen atoms in total. The lowest BCUT2D eigenvalue weighted by Gasteiger charge is -2.21. The number of carbonyl (C=O) groups excluding carboxylic acids is 1. The second-order valence-electron chi connectivity index (χ2n) is 5.40. The summed E-state index contributed by atoms with van der Waals surface area (Å²) < 4.78 is 0. The fourth-order valence-electron chi connectivity index (χ4n) is 2.29. The average Bonchev–Trinajstić information content (AvgIpc) is 2.50. The van der Waals surface area contributed by atoms with Crippen LogP contribution in [0.4, 0.5) is 0 Å². The summed E-state index contributed by atoms with van der Waals surface area (Å²) in [5.41, 5.74) is 9.47. The van der Waals surface area contributed by atoms with Crippen molar-refractivity contribution in [3.8, 4) is 0 Å². The van der Waals surface area contributed by atoms with Crippen molar-refractivity contribution in [1.82, 2.24) is 4.90 Å². The number of nitrogens with two attached hydrogens (primary N) is 1. The predicted molar refractivity (Wildman–Crippen MR) is 92.9 cm³/mol. The van der Waals surface area contributed by atoms with Crippen LogP contribution in [0.25, 0.3) is 0 Å². The highest BCUT2D eigenvalue weighted by Gasteiger charge is 2.15. The summed E-state index contributed by atoms with van der Waals surface area (Å²) in [6, 6.07) is 17.6. The number of carbonyl (C=O) groups is 1. The van der Waals surface area contributed by atoms with Crippen LogP contribution in [0.2, 0.25) is 0 Å². The van der Waals surface area contributed by atoms with Crippen LogP contribution in [0.5, 0.6) is 0 Å². The van der Waals surface area contributed by atoms with Gasteiger partial charge in [0.1, 0.15) is 0 Å². The maximum Gasteiger partial charge on any atom is 0.224 e. The SMILES string of the molecule is Cc1ccccc1CN(C)C(=O)CC(N)c1ccccc1.Cl. The molecule has 0 aliphatic heterocycles. The number of aryl methyl sites for hydroxylation is 1. The minimum atomic E-state index is -0.252. The van der Waals surface area contributed by atoms with Gasteiger partial charge in [-0.2, -0.15) is 0 Å². The van der Waals surface area contributed by atoms with Crippen LogP contribution in [0.1, 0.15) is 29.2 Å². The smallest absolute Gasteiger partial charge is 0.224 e. The van der Waals surface area contributed by atoms with E-state index in [1.54, 1.807) is 4.90 Å². The summed E-state index contributed by atoms with van der Waals surface area (Å²) >= 11 is 0. The molecule has 0 heterocycles. The molecule has 0 spiro atoms. The maximum absolute atomic E-state index is 12.3. The lowest BCUT2D eigenvalue weighted by molar-refractivity contribution is -0.130. The van der Waals surface area contributed by atoms with E-state index in [0.29, 0.717) is 13.0 Å². The van der Waals surface area contributed by atoms with Crippen LogP contribution < -0.4 is 5.73 Å². The van der Waals surface area contributed by atoms with Gasteiger partial charge in [-0.25, -0.2) is 0 Å². The van der Waals surface area contributed by atoms with E-state index in [0.717, 1.165) is 5.56 Å². The molecule has 0 aliphatic rings. The molecular formula is C18H23ClN2O. The molecular weight excluding hydrogens is 296 g/mol. The number of amides is 1. The Labute approximate surface area is 138 Å². The quantitative estimate of drug-likeness (QED) is 0.917. The monoisotopic (exact) mass is 318 g/mol. The first-order valence-electron chi connectivity index (χ1n) is 7.17. The minimum absolute atomic E-state index is 0. The van der Waals surface area contributed by atoms with Crippen LogP contribution in [-0.4, -0.2) is 17.9 Å². The van der Waals surface area contributed by atoms with Crippen LogP contribution in [0, 0.1) is 6.92 Å². The van der Waals surface area contributed by atoms with Gasteiger partial charge >= 0.3 is 0 Å². The molecule has 1 unspecified atom stereocenters. The van der Waals surface area contributed by atoms with Gasteiger partial charge < -0.3 is 10.6 Å². The Kier molecular flexibility index (Phi) is 7.09. The predicted octanol–water partition coefficient (Wildman–Crippen LogP) is 3.47. The Morgan fingerprint density at radius 1 is 1.09 bits per heavy atom. The molecule has 0 aliphatic carbocycles. The molecule has 2 aromatic rings. The van der Waals surface area contributed by atoms with Crippen molar-refractivity contribution in [2.75, 3.05) is 7.05 Å². The van der Waals surface area contributed by atoms with Crippen molar-refractivity contribution in [2.45, 2.75) is 25.9 Å². The van der Waals surface area contributed by atoms with Crippen LogP contribution in [-0.2, 0) is 11.3 Å². The lowest BCUT2D eigenvalue weighted by atomic mass is 10.0. The Morgan fingerprint density at radius 2 is 1.68 bits per heavy atom. The van der Waals surface area contributed by atoms with Gasteiger partial charge in [-0.1, -0.05) is 54.6 Å². The van der Waals surface area contributed by atoms with Crippen molar-refractivity contribution < 1.29 is 4.79 Å². The molecule has 22 heavy (non-hydrogen) atoms. The van der Waals surface area contributed by atoms with Crippen molar-refractivity contribution >= 4 is 18.3 Å². The highest BCUT2D eigenvalue weighted by molar-refractivity contribution is 5.85. The molecule has 0 radical (unpaired) electrons. The fourth-order valence-corrected chi connectivity index (χ4v) is 2.29. The molecule has 0 saturated heterocycles. The normalized spacial score (nSPS) is 11.4. The minimum Gasteiger partial charge on any atom is -0.341 e. The van der Waals surface area contributed by atoms with E-state index < -0.39 is 0 Å². The largest absolute Gasteiger partial charge is 0.341 e. The highest BCUT2D eigenvalue weighted by atomic mass is 35.5. The number of nitrogens with zero attached hydrogens (tertiary/aromatic N) is 1. The number of halogens is 1. The number of rotatable bonds is 5. The van der Waals surface area contributed by atoms with Crippen LogP contribution in [0.3, 0.4) is 0 Å². The van der Waals surface area contributed by atoms with Crippen LogP contribution >= 0.6 is 12.4 Å². The maximum atomic E-state index is 12.3.